The van der Waals surface area contributed by atoms with Crippen LogP contribution in [0.15, 0.2) is 36.7 Å². The molecular formula is C16H16FN3O2. The number of β-amino-alcohol motifs (C(OH)–C–C–N with tert-alkyl or cyclic N) is 1. The SMILES string of the molecule is Cc1cnc(C(=O)N2C[C@@H](O)C[C@@H]2c2cccc(F)c2)cn1. The Kier molecular flexibility index (Phi) is 3.85. The number of benzene rings is 1. The van der Waals surface area contributed by atoms with E-state index in [0.717, 1.165) is 5.69 Å². The highest BCUT2D eigenvalue weighted by Gasteiger charge is 2.36. The second-order valence-corrected chi connectivity index (χ2v) is 5.46. The number of hydrogen-bond acceptors (Lipinski definition) is 4. The molecule has 0 spiro atoms. The van der Waals surface area contributed by atoms with Gasteiger partial charge in [0.1, 0.15) is 11.5 Å². The predicted octanol–water partition coefficient (Wildman–Crippen LogP) is 1.87. The monoisotopic (exact) mass is 301 g/mol. The van der Waals surface area contributed by atoms with Crippen molar-refractivity contribution < 1.29 is 14.3 Å². The van der Waals surface area contributed by atoms with Crippen molar-refractivity contribution in [1.82, 2.24) is 14.9 Å². The van der Waals surface area contributed by atoms with Gasteiger partial charge >= 0.3 is 0 Å². The number of aliphatic hydroxyl groups excluding tert-OH is 1. The molecule has 2 heterocycles. The number of aromatic nitrogens is 2. The number of carbonyl (C=O) groups is 1. The van der Waals surface area contributed by atoms with Gasteiger partial charge in [-0.3, -0.25) is 9.78 Å². The van der Waals surface area contributed by atoms with Crippen molar-refractivity contribution >= 4 is 5.91 Å². The standard InChI is InChI=1S/C16H16FN3O2/c1-10-7-19-14(8-18-10)16(22)20-9-13(21)6-15(20)11-3-2-4-12(17)5-11/h2-5,7-8,13,15,21H,6,9H2,1H3/t13-,15+/m0/s1. The van der Waals surface area contributed by atoms with E-state index in [1.807, 2.05) is 0 Å². The molecule has 1 saturated heterocycles. The van der Waals surface area contributed by atoms with Gasteiger partial charge in [-0.15, -0.1) is 0 Å². The van der Waals surface area contributed by atoms with Gasteiger partial charge in [0.05, 0.1) is 24.0 Å². The first-order valence-corrected chi connectivity index (χ1v) is 7.08. The van der Waals surface area contributed by atoms with Crippen LogP contribution in [0.1, 0.15) is 34.2 Å². The summed E-state index contributed by atoms with van der Waals surface area (Å²) >= 11 is 0. The average molecular weight is 301 g/mol. The minimum absolute atomic E-state index is 0.204. The lowest BCUT2D eigenvalue weighted by Gasteiger charge is -2.24. The summed E-state index contributed by atoms with van der Waals surface area (Å²) < 4.78 is 13.4. The molecule has 1 aliphatic rings. The van der Waals surface area contributed by atoms with Gasteiger partial charge in [-0.25, -0.2) is 9.37 Å². The Morgan fingerprint density at radius 1 is 1.36 bits per heavy atom. The summed E-state index contributed by atoms with van der Waals surface area (Å²) in [6.45, 7) is 1.99. The van der Waals surface area contributed by atoms with Gasteiger partial charge in [0.25, 0.3) is 5.91 Å². The van der Waals surface area contributed by atoms with Crippen LogP contribution in [-0.4, -0.2) is 38.5 Å². The fraction of sp³-hybridized carbons (Fsp3) is 0.312. The predicted molar refractivity (Wildman–Crippen MR) is 77.6 cm³/mol. The number of halogens is 1. The Bertz CT molecular complexity index is 690. The number of aliphatic hydroxyl groups is 1. The summed E-state index contributed by atoms with van der Waals surface area (Å²) in [4.78, 5) is 22.3. The van der Waals surface area contributed by atoms with E-state index in [0.29, 0.717) is 12.0 Å². The Hall–Kier alpha value is -2.34. The maximum atomic E-state index is 13.4. The van der Waals surface area contributed by atoms with E-state index in [9.17, 15) is 14.3 Å². The lowest BCUT2D eigenvalue weighted by atomic mass is 10.0. The zero-order chi connectivity index (χ0) is 15.7. The first-order valence-electron chi connectivity index (χ1n) is 7.08. The molecule has 22 heavy (non-hydrogen) atoms. The third-order valence-corrected chi connectivity index (χ3v) is 3.77. The first-order chi connectivity index (χ1) is 10.5. The number of hydrogen-bond donors (Lipinski definition) is 1. The van der Waals surface area contributed by atoms with E-state index in [2.05, 4.69) is 9.97 Å². The molecule has 0 unspecified atom stereocenters. The zero-order valence-electron chi connectivity index (χ0n) is 12.1. The maximum absolute atomic E-state index is 13.4. The molecule has 5 nitrogen and oxygen atoms in total. The molecular weight excluding hydrogens is 285 g/mol. The van der Waals surface area contributed by atoms with E-state index in [4.69, 9.17) is 0 Å². The van der Waals surface area contributed by atoms with E-state index < -0.39 is 6.10 Å². The molecule has 1 fully saturated rings. The number of nitrogens with zero attached hydrogens (tertiary/aromatic N) is 3. The molecule has 2 atom stereocenters. The minimum atomic E-state index is -0.629. The highest BCUT2D eigenvalue weighted by Crippen LogP contribution is 2.33. The smallest absolute Gasteiger partial charge is 0.274 e. The molecule has 114 valence electrons. The average Bonchev–Trinajstić information content (AvgIpc) is 2.89. The van der Waals surface area contributed by atoms with Crippen LogP contribution in [0.4, 0.5) is 4.39 Å². The molecule has 1 aromatic carbocycles. The van der Waals surface area contributed by atoms with Crippen molar-refractivity contribution in [3.05, 3.63) is 59.4 Å². The third-order valence-electron chi connectivity index (χ3n) is 3.77. The summed E-state index contributed by atoms with van der Waals surface area (Å²) in [5, 5.41) is 9.92. The minimum Gasteiger partial charge on any atom is -0.391 e. The van der Waals surface area contributed by atoms with Gasteiger partial charge in [-0.2, -0.15) is 0 Å². The van der Waals surface area contributed by atoms with Crippen LogP contribution in [0.5, 0.6) is 0 Å². The van der Waals surface area contributed by atoms with Gasteiger partial charge in [0.15, 0.2) is 0 Å². The van der Waals surface area contributed by atoms with Crippen molar-refractivity contribution in [3.63, 3.8) is 0 Å². The zero-order valence-corrected chi connectivity index (χ0v) is 12.1. The fourth-order valence-corrected chi connectivity index (χ4v) is 2.72. The summed E-state index contributed by atoms with van der Waals surface area (Å²) in [7, 11) is 0. The van der Waals surface area contributed by atoms with Crippen molar-refractivity contribution in [3.8, 4) is 0 Å². The normalized spacial score (nSPS) is 21.1. The number of carbonyl (C=O) groups excluding carboxylic acids is 1. The summed E-state index contributed by atoms with van der Waals surface area (Å²) in [5.41, 5.74) is 1.62. The highest BCUT2D eigenvalue weighted by atomic mass is 19.1. The van der Waals surface area contributed by atoms with Gasteiger partial charge < -0.3 is 10.0 Å². The van der Waals surface area contributed by atoms with Crippen molar-refractivity contribution in [2.75, 3.05) is 6.54 Å². The van der Waals surface area contributed by atoms with Gasteiger partial charge in [0.2, 0.25) is 0 Å². The van der Waals surface area contributed by atoms with Crippen molar-refractivity contribution in [2.24, 2.45) is 0 Å². The second-order valence-electron chi connectivity index (χ2n) is 5.46. The van der Waals surface area contributed by atoms with E-state index >= 15 is 0 Å². The van der Waals surface area contributed by atoms with Crippen molar-refractivity contribution in [1.29, 1.82) is 0 Å². The van der Waals surface area contributed by atoms with Gasteiger partial charge in [-0.1, -0.05) is 12.1 Å². The largest absolute Gasteiger partial charge is 0.391 e. The molecule has 1 N–H and O–H groups in total. The quantitative estimate of drug-likeness (QED) is 0.919. The number of likely N-dealkylation sites (tertiary alicyclic amines) is 1. The maximum Gasteiger partial charge on any atom is 0.274 e. The summed E-state index contributed by atoms with van der Waals surface area (Å²) in [5.74, 6) is -0.667. The molecule has 3 rings (SSSR count). The molecule has 1 aliphatic heterocycles. The van der Waals surface area contributed by atoms with Crippen LogP contribution in [0.2, 0.25) is 0 Å². The molecule has 0 bridgehead atoms. The second kappa shape index (κ2) is 5.81. The molecule has 0 radical (unpaired) electrons. The molecule has 0 aliphatic carbocycles. The van der Waals surface area contributed by atoms with Crippen LogP contribution in [0, 0.1) is 12.7 Å². The van der Waals surface area contributed by atoms with E-state index in [1.54, 1.807) is 19.1 Å². The lowest BCUT2D eigenvalue weighted by Crippen LogP contribution is -2.32. The summed E-state index contributed by atoms with van der Waals surface area (Å²) in [6.07, 6.45) is 2.70. The third kappa shape index (κ3) is 2.82. The van der Waals surface area contributed by atoms with E-state index in [1.165, 1.54) is 29.4 Å². The Morgan fingerprint density at radius 3 is 2.86 bits per heavy atom. The molecule has 1 amide bonds. The molecule has 6 heteroatoms. The Balaban J connectivity index is 1.90. The van der Waals surface area contributed by atoms with Gasteiger partial charge in [0, 0.05) is 12.7 Å². The Morgan fingerprint density at radius 2 is 2.18 bits per heavy atom. The first kappa shape index (κ1) is 14.6. The van der Waals surface area contributed by atoms with Gasteiger partial charge in [-0.05, 0) is 31.0 Å². The number of aryl methyl sites for hydroxylation is 1. The van der Waals surface area contributed by atoms with Crippen LogP contribution in [0.3, 0.4) is 0 Å². The van der Waals surface area contributed by atoms with Crippen LogP contribution < -0.4 is 0 Å². The fourth-order valence-electron chi connectivity index (χ4n) is 2.72. The summed E-state index contributed by atoms with van der Waals surface area (Å²) in [6, 6.07) is 5.74. The van der Waals surface area contributed by atoms with E-state index in [-0.39, 0.29) is 30.0 Å². The Labute approximate surface area is 127 Å². The van der Waals surface area contributed by atoms with Crippen molar-refractivity contribution in [2.45, 2.75) is 25.5 Å². The van der Waals surface area contributed by atoms with Crippen LogP contribution in [0.25, 0.3) is 0 Å². The molecule has 0 saturated carbocycles. The number of rotatable bonds is 2. The molecule has 2 aromatic rings. The topological polar surface area (TPSA) is 66.3 Å². The van der Waals surface area contributed by atoms with Crippen LogP contribution >= 0.6 is 0 Å². The highest BCUT2D eigenvalue weighted by molar-refractivity contribution is 5.92. The lowest BCUT2D eigenvalue weighted by molar-refractivity contribution is 0.0709. The number of amides is 1. The molecule has 1 aromatic heterocycles. The van der Waals surface area contributed by atoms with Crippen LogP contribution in [-0.2, 0) is 0 Å².